The summed E-state index contributed by atoms with van der Waals surface area (Å²) in [6.07, 6.45) is -16.3. The topological polar surface area (TPSA) is 262 Å². The molecule has 9 N–H and O–H groups in total. The molecule has 0 aliphatic carbocycles. The van der Waals surface area contributed by atoms with Gasteiger partial charge in [-0.2, -0.15) is 0 Å². The van der Waals surface area contributed by atoms with Crippen LogP contribution in [0.4, 0.5) is 11.4 Å². The molecule has 1 aromatic carbocycles. The van der Waals surface area contributed by atoms with Crippen molar-refractivity contribution in [2.24, 2.45) is 0 Å². The van der Waals surface area contributed by atoms with Crippen LogP contribution in [-0.4, -0.2) is 126 Å². The van der Waals surface area contributed by atoms with Crippen LogP contribution < -0.4 is 5.32 Å². The van der Waals surface area contributed by atoms with Crippen LogP contribution >= 0.6 is 0 Å². The van der Waals surface area contributed by atoms with Crippen molar-refractivity contribution < 1.29 is 64.8 Å². The second kappa shape index (κ2) is 11.0. The van der Waals surface area contributed by atoms with Gasteiger partial charge in [0.05, 0.1) is 23.7 Å². The lowest BCUT2D eigenvalue weighted by atomic mass is 9.96. The molecule has 0 amide bonds. The van der Waals surface area contributed by atoms with E-state index in [0.717, 1.165) is 18.2 Å². The Bertz CT molecular complexity index is 881. The number of carbonyl (C=O) groups is 1. The van der Waals surface area contributed by atoms with E-state index in [1.165, 1.54) is 0 Å². The average Bonchev–Trinajstić information content (AvgIpc) is 2.83. The van der Waals surface area contributed by atoms with Gasteiger partial charge in [-0.1, -0.05) is 0 Å². The molecule has 0 spiro atoms. The number of ether oxygens (including phenoxy) is 3. The number of rotatable bonds is 8. The lowest BCUT2D eigenvalue weighted by Gasteiger charge is -2.46. The Morgan fingerprint density at radius 2 is 1.60 bits per heavy atom. The smallest absolute Gasteiger partial charge is 0.336 e. The minimum absolute atomic E-state index is 0.141. The molecule has 196 valence electrons. The molecule has 0 unspecified atom stereocenters. The molecule has 0 saturated carbocycles. The number of carboxylic acid groups (broad SMARTS) is 1. The number of hydrogen-bond acceptors (Lipinski definition) is 14. The van der Waals surface area contributed by atoms with Crippen molar-refractivity contribution in [3.05, 3.63) is 33.9 Å². The number of hydrogen-bond donors (Lipinski definition) is 9. The molecule has 2 aliphatic rings. The lowest BCUT2D eigenvalue weighted by molar-refractivity contribution is -0.384. The zero-order valence-corrected chi connectivity index (χ0v) is 17.9. The number of aliphatic hydroxyl groups is 7. The number of anilines is 1. The van der Waals surface area contributed by atoms with Crippen molar-refractivity contribution in [2.75, 3.05) is 18.5 Å². The molecule has 16 nitrogen and oxygen atoms in total. The molecule has 0 radical (unpaired) electrons. The Kier molecular flexibility index (Phi) is 8.54. The summed E-state index contributed by atoms with van der Waals surface area (Å²) in [4.78, 5) is 21.6. The zero-order valence-electron chi connectivity index (χ0n) is 17.9. The Balaban J connectivity index is 1.78. The van der Waals surface area contributed by atoms with Crippen LogP contribution in [0.1, 0.15) is 10.4 Å². The molecule has 35 heavy (non-hydrogen) atoms. The third-order valence-electron chi connectivity index (χ3n) is 5.69. The summed E-state index contributed by atoms with van der Waals surface area (Å²) in [5.74, 6) is -1.46. The van der Waals surface area contributed by atoms with E-state index in [2.05, 4.69) is 5.32 Å². The first-order valence-corrected chi connectivity index (χ1v) is 10.4. The number of nitro benzene ring substituents is 1. The predicted octanol–water partition coefficient (Wildman–Crippen LogP) is -3.67. The van der Waals surface area contributed by atoms with Gasteiger partial charge in [-0.05, 0) is 6.07 Å². The first-order valence-electron chi connectivity index (χ1n) is 10.4. The van der Waals surface area contributed by atoms with Crippen LogP contribution in [0, 0.1) is 10.1 Å². The van der Waals surface area contributed by atoms with Gasteiger partial charge in [-0.15, -0.1) is 0 Å². The Labute approximate surface area is 196 Å². The van der Waals surface area contributed by atoms with E-state index in [9.17, 15) is 55.8 Å². The number of aliphatic hydroxyl groups excluding tert-OH is 7. The van der Waals surface area contributed by atoms with E-state index < -0.39 is 96.7 Å². The van der Waals surface area contributed by atoms with Gasteiger partial charge in [0.2, 0.25) is 0 Å². The van der Waals surface area contributed by atoms with Crippen LogP contribution in [0.15, 0.2) is 18.2 Å². The van der Waals surface area contributed by atoms with Crippen molar-refractivity contribution in [2.45, 2.75) is 61.3 Å². The highest BCUT2D eigenvalue weighted by Gasteiger charge is 2.50. The highest BCUT2D eigenvalue weighted by atomic mass is 16.7. The van der Waals surface area contributed by atoms with Crippen molar-refractivity contribution in [1.29, 1.82) is 0 Å². The minimum atomic E-state index is -1.83. The zero-order chi connectivity index (χ0) is 26.0. The normalized spacial score (nSPS) is 37.6. The molecule has 0 bridgehead atoms. The van der Waals surface area contributed by atoms with Crippen LogP contribution in [0.5, 0.6) is 0 Å². The summed E-state index contributed by atoms with van der Waals surface area (Å²) in [6.45, 7) is -1.53. The molecular formula is C19H26N2O14. The largest absolute Gasteiger partial charge is 0.478 e. The maximum Gasteiger partial charge on any atom is 0.336 e. The summed E-state index contributed by atoms with van der Waals surface area (Å²) >= 11 is 0. The van der Waals surface area contributed by atoms with Crippen LogP contribution in [0.3, 0.4) is 0 Å². The van der Waals surface area contributed by atoms with Gasteiger partial charge in [-0.3, -0.25) is 10.1 Å². The predicted molar refractivity (Wildman–Crippen MR) is 110 cm³/mol. The van der Waals surface area contributed by atoms with Gasteiger partial charge in [0.25, 0.3) is 5.69 Å². The molecule has 10 atom stereocenters. The minimum Gasteiger partial charge on any atom is -0.478 e. The Morgan fingerprint density at radius 1 is 0.943 bits per heavy atom. The number of nitro groups is 1. The number of benzene rings is 1. The molecule has 2 aliphatic heterocycles. The van der Waals surface area contributed by atoms with E-state index >= 15 is 0 Å². The molecule has 0 aromatic heterocycles. The van der Waals surface area contributed by atoms with Crippen molar-refractivity contribution in [3.8, 4) is 0 Å². The standard InChI is InChI=1S/C19H26N2O14/c22-4-9-11(24)12(25)15(28)19(34-9)35-16-10(5-23)33-17(14(27)13(16)26)20-7-1-6(18(29)30)2-8(3-7)21(31)32/h1-3,9-17,19-20,22-28H,4-5H2,(H,29,30)/t9-,10-,11+,12+,13+,14-,15-,16-,17-,19-/m1/s1. The van der Waals surface area contributed by atoms with Gasteiger partial charge in [-0.25, -0.2) is 4.79 Å². The number of non-ortho nitro benzene ring substituents is 1. The monoisotopic (exact) mass is 506 g/mol. The quantitative estimate of drug-likeness (QED) is 0.121. The summed E-state index contributed by atoms with van der Waals surface area (Å²) < 4.78 is 16.1. The maximum absolute atomic E-state index is 11.3. The summed E-state index contributed by atoms with van der Waals surface area (Å²) in [5.41, 5.74) is -1.14. The molecular weight excluding hydrogens is 480 g/mol. The second-order valence-corrected chi connectivity index (χ2v) is 8.03. The van der Waals surface area contributed by atoms with Crippen molar-refractivity contribution in [1.82, 2.24) is 0 Å². The Hall–Kier alpha value is -2.51. The fourth-order valence-corrected chi connectivity index (χ4v) is 3.80. The van der Waals surface area contributed by atoms with Crippen molar-refractivity contribution >= 4 is 17.3 Å². The van der Waals surface area contributed by atoms with Gasteiger partial charge in [0.15, 0.2) is 12.5 Å². The number of nitrogens with zero attached hydrogens (tertiary/aromatic N) is 1. The highest BCUT2D eigenvalue weighted by molar-refractivity contribution is 5.90. The summed E-state index contributed by atoms with van der Waals surface area (Å²) in [7, 11) is 0. The summed E-state index contributed by atoms with van der Waals surface area (Å²) in [6, 6.07) is 2.82. The SMILES string of the molecule is O=C(O)c1cc(N[C@@H]2O[C@H](CO)[C@@H](O[C@H]3O[C@H](CO)[C@H](O)[C@H](O)[C@H]3O)[C@@H](O)[C@H]2O)cc([N+](=O)[O-])c1. The highest BCUT2D eigenvalue weighted by Crippen LogP contribution is 2.30. The van der Waals surface area contributed by atoms with E-state index in [-0.39, 0.29) is 5.69 Å². The molecule has 16 heteroatoms. The second-order valence-electron chi connectivity index (χ2n) is 8.03. The van der Waals surface area contributed by atoms with Gasteiger partial charge >= 0.3 is 5.97 Å². The van der Waals surface area contributed by atoms with E-state index in [1.807, 2.05) is 0 Å². The lowest BCUT2D eigenvalue weighted by Crippen LogP contribution is -2.65. The fraction of sp³-hybridized carbons (Fsp3) is 0.632. The van der Waals surface area contributed by atoms with Crippen LogP contribution in [0.2, 0.25) is 0 Å². The summed E-state index contributed by atoms with van der Waals surface area (Å²) in [5, 5.41) is 92.9. The first kappa shape index (κ1) is 27.1. The average molecular weight is 506 g/mol. The van der Waals surface area contributed by atoms with E-state index in [0.29, 0.717) is 0 Å². The molecule has 2 heterocycles. The number of aromatic carboxylic acids is 1. The first-order chi connectivity index (χ1) is 16.5. The van der Waals surface area contributed by atoms with Gasteiger partial charge < -0.3 is 60.4 Å². The number of carboxylic acids is 1. The third kappa shape index (κ3) is 5.67. The molecule has 2 fully saturated rings. The van der Waals surface area contributed by atoms with Crippen molar-refractivity contribution in [3.63, 3.8) is 0 Å². The van der Waals surface area contributed by atoms with Gasteiger partial charge in [0.1, 0.15) is 48.8 Å². The molecule has 2 saturated heterocycles. The fourth-order valence-electron chi connectivity index (χ4n) is 3.80. The Morgan fingerprint density at radius 3 is 2.17 bits per heavy atom. The molecule has 1 aromatic rings. The van der Waals surface area contributed by atoms with Crippen LogP contribution in [0.25, 0.3) is 0 Å². The van der Waals surface area contributed by atoms with E-state index in [4.69, 9.17) is 14.2 Å². The number of nitrogens with one attached hydrogen (secondary N) is 1. The van der Waals surface area contributed by atoms with E-state index in [1.54, 1.807) is 0 Å². The third-order valence-corrected chi connectivity index (χ3v) is 5.69. The van der Waals surface area contributed by atoms with Crippen LogP contribution in [-0.2, 0) is 14.2 Å². The maximum atomic E-state index is 11.3. The van der Waals surface area contributed by atoms with Gasteiger partial charge in [0, 0.05) is 17.8 Å². The molecule has 3 rings (SSSR count).